The third kappa shape index (κ3) is 4.71. The Kier molecular flexibility index (Phi) is 6.01. The number of unbranched alkanes of at least 4 members (excludes halogenated alkanes) is 3. The zero-order valence-electron chi connectivity index (χ0n) is 9.73. The van der Waals surface area contributed by atoms with Gasteiger partial charge in [0.1, 0.15) is 11.6 Å². The summed E-state index contributed by atoms with van der Waals surface area (Å²) in [5.41, 5.74) is 0.620. The summed E-state index contributed by atoms with van der Waals surface area (Å²) in [4.78, 5) is 0. The van der Waals surface area contributed by atoms with Crippen molar-refractivity contribution in [3.05, 3.63) is 35.4 Å². The van der Waals surface area contributed by atoms with E-state index in [4.69, 9.17) is 0 Å². The predicted octanol–water partition coefficient (Wildman–Crippen LogP) is 3.29. The molecule has 0 aliphatic carbocycles. The second-order valence-electron chi connectivity index (χ2n) is 4.00. The lowest BCUT2D eigenvalue weighted by atomic mass is 10.1. The van der Waals surface area contributed by atoms with Crippen LogP contribution in [0.5, 0.6) is 0 Å². The van der Waals surface area contributed by atoms with Crippen molar-refractivity contribution in [2.24, 2.45) is 0 Å². The van der Waals surface area contributed by atoms with Crippen LogP contribution in [0.3, 0.4) is 0 Å². The lowest BCUT2D eigenvalue weighted by Crippen LogP contribution is -2.06. The van der Waals surface area contributed by atoms with Gasteiger partial charge in [-0.15, -0.1) is 0 Å². The van der Waals surface area contributed by atoms with Crippen molar-refractivity contribution in [2.45, 2.75) is 32.1 Å². The average Bonchev–Trinajstić information content (AvgIpc) is 2.26. The highest BCUT2D eigenvalue weighted by atomic mass is 19.1. The number of nitrogens with one attached hydrogen (secondary N) is 1. The molecule has 1 nitrogen and oxygen atoms in total. The zero-order valence-corrected chi connectivity index (χ0v) is 9.73. The lowest BCUT2D eigenvalue weighted by molar-refractivity contribution is 0.561. The average molecular weight is 227 g/mol. The molecule has 1 aromatic rings. The number of benzene rings is 1. The van der Waals surface area contributed by atoms with E-state index in [1.807, 2.05) is 7.05 Å². The van der Waals surface area contributed by atoms with Crippen molar-refractivity contribution < 1.29 is 8.78 Å². The van der Waals surface area contributed by atoms with E-state index in [2.05, 4.69) is 5.32 Å². The van der Waals surface area contributed by atoms with E-state index in [0.29, 0.717) is 12.0 Å². The van der Waals surface area contributed by atoms with Gasteiger partial charge in [0.2, 0.25) is 0 Å². The van der Waals surface area contributed by atoms with Gasteiger partial charge in [-0.2, -0.15) is 0 Å². The Morgan fingerprint density at radius 2 is 1.81 bits per heavy atom. The first-order chi connectivity index (χ1) is 7.74. The molecule has 0 bridgehead atoms. The minimum atomic E-state index is -0.504. The molecule has 1 aromatic carbocycles. The number of hydrogen-bond acceptors (Lipinski definition) is 1. The Hall–Kier alpha value is -0.960. The second-order valence-corrected chi connectivity index (χ2v) is 4.00. The third-order valence-corrected chi connectivity index (χ3v) is 2.64. The summed E-state index contributed by atoms with van der Waals surface area (Å²) < 4.78 is 25.9. The normalized spacial score (nSPS) is 10.7. The topological polar surface area (TPSA) is 12.0 Å². The number of rotatable bonds is 7. The van der Waals surface area contributed by atoms with Crippen LogP contribution in [0.2, 0.25) is 0 Å². The third-order valence-electron chi connectivity index (χ3n) is 2.64. The van der Waals surface area contributed by atoms with Crippen molar-refractivity contribution in [3.8, 4) is 0 Å². The first-order valence-corrected chi connectivity index (χ1v) is 5.82. The monoisotopic (exact) mass is 227 g/mol. The number of halogens is 2. The molecule has 0 saturated carbocycles. The maximum absolute atomic E-state index is 13.2. The van der Waals surface area contributed by atoms with Crippen LogP contribution in [-0.4, -0.2) is 13.6 Å². The minimum Gasteiger partial charge on any atom is -0.320 e. The summed E-state index contributed by atoms with van der Waals surface area (Å²) >= 11 is 0. The fourth-order valence-electron chi connectivity index (χ4n) is 1.70. The van der Waals surface area contributed by atoms with Gasteiger partial charge in [0.05, 0.1) is 0 Å². The van der Waals surface area contributed by atoms with E-state index in [1.54, 1.807) is 0 Å². The quantitative estimate of drug-likeness (QED) is 0.705. The molecule has 0 radical (unpaired) electrons. The molecule has 0 aromatic heterocycles. The van der Waals surface area contributed by atoms with Gasteiger partial charge < -0.3 is 5.32 Å². The van der Waals surface area contributed by atoms with Gasteiger partial charge in [-0.05, 0) is 44.5 Å². The Morgan fingerprint density at radius 1 is 1.06 bits per heavy atom. The molecule has 0 spiro atoms. The van der Waals surface area contributed by atoms with E-state index in [0.717, 1.165) is 38.3 Å². The summed E-state index contributed by atoms with van der Waals surface area (Å²) in [6.07, 6.45) is 5.07. The van der Waals surface area contributed by atoms with E-state index in [-0.39, 0.29) is 0 Å². The molecule has 0 unspecified atom stereocenters. The molecular weight excluding hydrogens is 208 g/mol. The van der Waals surface area contributed by atoms with Crippen LogP contribution in [-0.2, 0) is 6.42 Å². The van der Waals surface area contributed by atoms with Gasteiger partial charge in [-0.25, -0.2) is 8.78 Å². The van der Waals surface area contributed by atoms with Gasteiger partial charge >= 0.3 is 0 Å². The van der Waals surface area contributed by atoms with Gasteiger partial charge in [0.15, 0.2) is 0 Å². The lowest BCUT2D eigenvalue weighted by Gasteiger charge is -2.03. The molecule has 90 valence electrons. The van der Waals surface area contributed by atoms with Crippen LogP contribution in [0.25, 0.3) is 0 Å². The van der Waals surface area contributed by atoms with E-state index in [9.17, 15) is 8.78 Å². The highest BCUT2D eigenvalue weighted by Gasteiger charge is 2.02. The SMILES string of the molecule is CNCCCCCCc1ccc(F)cc1F. The molecule has 1 rings (SSSR count). The molecule has 0 amide bonds. The molecule has 16 heavy (non-hydrogen) atoms. The van der Waals surface area contributed by atoms with Gasteiger partial charge in [0, 0.05) is 6.07 Å². The maximum atomic E-state index is 13.2. The highest BCUT2D eigenvalue weighted by molar-refractivity contribution is 5.18. The van der Waals surface area contributed by atoms with Crippen LogP contribution in [0, 0.1) is 11.6 Å². The largest absolute Gasteiger partial charge is 0.320 e. The van der Waals surface area contributed by atoms with Crippen LogP contribution in [0.1, 0.15) is 31.2 Å². The molecule has 1 N–H and O–H groups in total. The van der Waals surface area contributed by atoms with E-state index >= 15 is 0 Å². The maximum Gasteiger partial charge on any atom is 0.129 e. The second kappa shape index (κ2) is 7.34. The molecule has 3 heteroatoms. The van der Waals surface area contributed by atoms with Crippen LogP contribution in [0.4, 0.5) is 8.78 Å². The van der Waals surface area contributed by atoms with Crippen molar-refractivity contribution in [1.29, 1.82) is 0 Å². The Morgan fingerprint density at radius 3 is 2.50 bits per heavy atom. The summed E-state index contributed by atoms with van der Waals surface area (Å²) in [6.45, 7) is 1.03. The summed E-state index contributed by atoms with van der Waals surface area (Å²) in [5, 5.41) is 3.09. The first-order valence-electron chi connectivity index (χ1n) is 5.82. The van der Waals surface area contributed by atoms with Gasteiger partial charge in [-0.3, -0.25) is 0 Å². The molecule has 0 atom stereocenters. The standard InChI is InChI=1S/C13H19F2N/c1-16-9-5-3-2-4-6-11-7-8-12(14)10-13(11)15/h7-8,10,16H,2-6,9H2,1H3. The van der Waals surface area contributed by atoms with Crippen LogP contribution < -0.4 is 5.32 Å². The minimum absolute atomic E-state index is 0.421. The van der Waals surface area contributed by atoms with Gasteiger partial charge in [0.25, 0.3) is 0 Å². The van der Waals surface area contributed by atoms with E-state index < -0.39 is 11.6 Å². The number of aryl methyl sites for hydroxylation is 1. The van der Waals surface area contributed by atoms with Gasteiger partial charge in [-0.1, -0.05) is 18.9 Å². The number of hydrogen-bond donors (Lipinski definition) is 1. The van der Waals surface area contributed by atoms with Crippen molar-refractivity contribution in [2.75, 3.05) is 13.6 Å². The fourth-order valence-corrected chi connectivity index (χ4v) is 1.70. The Balaban J connectivity index is 2.21. The highest BCUT2D eigenvalue weighted by Crippen LogP contribution is 2.13. The Bertz CT molecular complexity index is 313. The molecule has 0 aliphatic heterocycles. The molecular formula is C13H19F2N. The fraction of sp³-hybridized carbons (Fsp3) is 0.538. The van der Waals surface area contributed by atoms with Crippen molar-refractivity contribution in [1.82, 2.24) is 5.32 Å². The summed E-state index contributed by atoms with van der Waals surface area (Å²) in [6, 6.07) is 3.81. The first kappa shape index (κ1) is 13.1. The predicted molar refractivity (Wildman–Crippen MR) is 62.5 cm³/mol. The van der Waals surface area contributed by atoms with Crippen molar-refractivity contribution in [3.63, 3.8) is 0 Å². The molecule has 0 saturated heterocycles. The molecule has 0 fully saturated rings. The van der Waals surface area contributed by atoms with Crippen molar-refractivity contribution >= 4 is 0 Å². The Labute approximate surface area is 95.9 Å². The summed E-state index contributed by atoms with van der Waals surface area (Å²) in [5.74, 6) is -0.925. The zero-order chi connectivity index (χ0) is 11.8. The molecule has 0 aliphatic rings. The van der Waals surface area contributed by atoms with Crippen LogP contribution >= 0.6 is 0 Å². The van der Waals surface area contributed by atoms with E-state index in [1.165, 1.54) is 12.1 Å². The summed E-state index contributed by atoms with van der Waals surface area (Å²) in [7, 11) is 1.94. The molecule has 0 heterocycles. The smallest absolute Gasteiger partial charge is 0.129 e. The van der Waals surface area contributed by atoms with Crippen LogP contribution in [0.15, 0.2) is 18.2 Å².